The van der Waals surface area contributed by atoms with Gasteiger partial charge in [0.25, 0.3) is 5.70 Å². The van der Waals surface area contributed by atoms with Crippen molar-refractivity contribution in [2.75, 3.05) is 5.88 Å². The van der Waals surface area contributed by atoms with Crippen molar-refractivity contribution >= 4 is 11.6 Å². The van der Waals surface area contributed by atoms with Gasteiger partial charge in [-0.2, -0.15) is 0 Å². The first-order valence-corrected chi connectivity index (χ1v) is 4.33. The molecule has 0 aliphatic carbocycles. The van der Waals surface area contributed by atoms with Crippen molar-refractivity contribution in [2.45, 2.75) is 13.8 Å². The molecule has 0 aromatic carbocycles. The Labute approximate surface area is 83.6 Å². The first kappa shape index (κ1) is 14.4. The van der Waals surface area contributed by atoms with Crippen LogP contribution in [0.25, 0.3) is 0 Å². The van der Waals surface area contributed by atoms with Gasteiger partial charge in [-0.15, -0.1) is 11.6 Å². The molecular formula is C9H14ClNO2. The van der Waals surface area contributed by atoms with Crippen LogP contribution in [0.3, 0.4) is 0 Å². The van der Waals surface area contributed by atoms with Crippen LogP contribution in [0.1, 0.15) is 13.8 Å². The summed E-state index contributed by atoms with van der Waals surface area (Å²) in [7, 11) is 0. The van der Waals surface area contributed by atoms with E-state index in [1.807, 2.05) is 6.92 Å². The van der Waals surface area contributed by atoms with Gasteiger partial charge in [-0.1, -0.05) is 25.7 Å². The molecule has 0 spiro atoms. The lowest BCUT2D eigenvalue weighted by Crippen LogP contribution is -1.93. The van der Waals surface area contributed by atoms with E-state index in [0.717, 1.165) is 5.88 Å². The van der Waals surface area contributed by atoms with Gasteiger partial charge in [-0.3, -0.25) is 10.1 Å². The average molecular weight is 204 g/mol. The minimum atomic E-state index is -0.479. The normalized spacial score (nSPS) is 10.5. The van der Waals surface area contributed by atoms with Crippen LogP contribution in [0.2, 0.25) is 0 Å². The fourth-order valence-electron chi connectivity index (χ4n) is 0.398. The summed E-state index contributed by atoms with van der Waals surface area (Å²) < 4.78 is 0. The number of rotatable bonds is 3. The third-order valence-electron chi connectivity index (χ3n) is 0.879. The molecule has 0 aromatic rings. The first-order valence-electron chi connectivity index (χ1n) is 3.79. The molecule has 0 radical (unpaired) electrons. The molecule has 0 saturated carbocycles. The highest BCUT2D eigenvalue weighted by atomic mass is 35.5. The highest BCUT2D eigenvalue weighted by Crippen LogP contribution is 1.95. The van der Waals surface area contributed by atoms with Crippen molar-refractivity contribution < 1.29 is 4.92 Å². The molecule has 0 unspecified atom stereocenters. The molecule has 0 amide bonds. The molecule has 0 N–H and O–H groups in total. The SMILES string of the molecule is C=C/C(=C\C=C/C)[N+](=O)[O-].CCCl. The standard InChI is InChI=1S/C7H9NO2.C2H5Cl/c1-3-5-6-7(4-2)8(9)10;1-2-3/h3-6H,2H2,1H3;2H2,1H3/b5-3-,7-6+;. The molecule has 0 aliphatic rings. The Morgan fingerprint density at radius 3 is 2.38 bits per heavy atom. The number of halogens is 1. The lowest BCUT2D eigenvalue weighted by atomic mass is 10.4. The van der Waals surface area contributed by atoms with Gasteiger partial charge in [-0.05, 0) is 6.92 Å². The van der Waals surface area contributed by atoms with E-state index in [4.69, 9.17) is 11.6 Å². The summed E-state index contributed by atoms with van der Waals surface area (Å²) in [4.78, 5) is 9.59. The Kier molecular flexibility index (Phi) is 12.1. The fourth-order valence-corrected chi connectivity index (χ4v) is 0.398. The Balaban J connectivity index is 0. The molecule has 0 saturated heterocycles. The zero-order valence-electron chi connectivity index (χ0n) is 7.87. The van der Waals surface area contributed by atoms with E-state index in [0.29, 0.717) is 0 Å². The van der Waals surface area contributed by atoms with E-state index in [-0.39, 0.29) is 5.70 Å². The van der Waals surface area contributed by atoms with Crippen LogP contribution in [-0.4, -0.2) is 10.8 Å². The maximum Gasteiger partial charge on any atom is 0.268 e. The Morgan fingerprint density at radius 1 is 1.69 bits per heavy atom. The van der Waals surface area contributed by atoms with Crippen molar-refractivity contribution in [3.8, 4) is 0 Å². The lowest BCUT2D eigenvalue weighted by molar-refractivity contribution is -0.418. The molecular weight excluding hydrogens is 190 g/mol. The molecule has 0 heterocycles. The predicted molar refractivity (Wildman–Crippen MR) is 56.5 cm³/mol. The van der Waals surface area contributed by atoms with Gasteiger partial charge in [0.1, 0.15) is 0 Å². The van der Waals surface area contributed by atoms with Crippen LogP contribution < -0.4 is 0 Å². The van der Waals surface area contributed by atoms with Crippen LogP contribution in [-0.2, 0) is 0 Å². The Bertz CT molecular complexity index is 210. The second-order valence-electron chi connectivity index (χ2n) is 1.85. The van der Waals surface area contributed by atoms with Gasteiger partial charge >= 0.3 is 0 Å². The number of allylic oxidation sites excluding steroid dienone is 4. The summed E-state index contributed by atoms with van der Waals surface area (Å²) >= 11 is 5.00. The number of nitro groups is 1. The summed E-state index contributed by atoms with van der Waals surface area (Å²) in [6.45, 7) is 6.97. The molecule has 4 heteroatoms. The van der Waals surface area contributed by atoms with E-state index in [2.05, 4.69) is 6.58 Å². The summed E-state index contributed by atoms with van der Waals surface area (Å²) in [5, 5.41) is 10.1. The average Bonchev–Trinajstić information content (AvgIpc) is 2.06. The van der Waals surface area contributed by atoms with Crippen LogP contribution in [0.15, 0.2) is 36.6 Å². The van der Waals surface area contributed by atoms with Gasteiger partial charge in [0.2, 0.25) is 0 Å². The van der Waals surface area contributed by atoms with Crippen molar-refractivity contribution in [1.82, 2.24) is 0 Å². The van der Waals surface area contributed by atoms with Gasteiger partial charge < -0.3 is 0 Å². The molecule has 0 rings (SSSR count). The number of hydrogen-bond acceptors (Lipinski definition) is 2. The highest BCUT2D eigenvalue weighted by Gasteiger charge is 2.00. The second-order valence-corrected chi connectivity index (χ2v) is 2.38. The zero-order valence-corrected chi connectivity index (χ0v) is 8.62. The summed E-state index contributed by atoms with van der Waals surface area (Å²) in [6, 6.07) is 0. The van der Waals surface area contributed by atoms with Crippen LogP contribution >= 0.6 is 11.6 Å². The lowest BCUT2D eigenvalue weighted by Gasteiger charge is -1.85. The van der Waals surface area contributed by atoms with Crippen molar-refractivity contribution in [1.29, 1.82) is 0 Å². The molecule has 0 bridgehead atoms. The minimum absolute atomic E-state index is 0.0121. The molecule has 0 aromatic heterocycles. The van der Waals surface area contributed by atoms with Crippen LogP contribution in [0, 0.1) is 10.1 Å². The maximum atomic E-state index is 10.1. The van der Waals surface area contributed by atoms with E-state index in [1.165, 1.54) is 12.2 Å². The van der Waals surface area contributed by atoms with Crippen LogP contribution in [0.5, 0.6) is 0 Å². The molecule has 74 valence electrons. The van der Waals surface area contributed by atoms with Crippen molar-refractivity contribution in [2.24, 2.45) is 0 Å². The summed E-state index contributed by atoms with van der Waals surface area (Å²) in [5.74, 6) is 0.722. The van der Waals surface area contributed by atoms with Gasteiger partial charge in [-0.25, -0.2) is 0 Å². The van der Waals surface area contributed by atoms with E-state index >= 15 is 0 Å². The van der Waals surface area contributed by atoms with Gasteiger partial charge in [0.05, 0.1) is 4.92 Å². The van der Waals surface area contributed by atoms with Gasteiger partial charge in [0, 0.05) is 18.0 Å². The molecule has 0 aliphatic heterocycles. The summed E-state index contributed by atoms with van der Waals surface area (Å²) in [5.41, 5.74) is 0.0121. The van der Waals surface area contributed by atoms with Gasteiger partial charge in [0.15, 0.2) is 0 Å². The smallest absolute Gasteiger partial charge is 0.258 e. The molecule has 0 atom stereocenters. The van der Waals surface area contributed by atoms with E-state index in [1.54, 1.807) is 19.1 Å². The maximum absolute atomic E-state index is 10.1. The van der Waals surface area contributed by atoms with Crippen molar-refractivity contribution in [3.05, 3.63) is 46.7 Å². The monoisotopic (exact) mass is 203 g/mol. The van der Waals surface area contributed by atoms with E-state index in [9.17, 15) is 10.1 Å². The Morgan fingerprint density at radius 2 is 2.15 bits per heavy atom. The largest absolute Gasteiger partial charge is 0.268 e. The molecule has 13 heavy (non-hydrogen) atoms. The number of nitrogens with zero attached hydrogens (tertiary/aromatic N) is 1. The Hall–Kier alpha value is -1.09. The van der Waals surface area contributed by atoms with E-state index < -0.39 is 4.92 Å². The first-order chi connectivity index (χ1) is 6.13. The van der Waals surface area contributed by atoms with Crippen molar-refractivity contribution in [3.63, 3.8) is 0 Å². The second kappa shape index (κ2) is 10.9. The van der Waals surface area contributed by atoms with Crippen LogP contribution in [0.4, 0.5) is 0 Å². The third kappa shape index (κ3) is 10.9. The summed E-state index contributed by atoms with van der Waals surface area (Å²) in [6.07, 6.45) is 5.92. The number of hydrogen-bond donors (Lipinski definition) is 0. The molecule has 0 fully saturated rings. The quantitative estimate of drug-likeness (QED) is 0.306. The topological polar surface area (TPSA) is 43.1 Å². The molecule has 3 nitrogen and oxygen atoms in total. The highest BCUT2D eigenvalue weighted by molar-refractivity contribution is 6.17. The zero-order chi connectivity index (χ0) is 10.7. The predicted octanol–water partition coefficient (Wildman–Crippen LogP) is 3.15. The fraction of sp³-hybridized carbons (Fsp3) is 0.333. The number of alkyl halides is 1. The third-order valence-corrected chi connectivity index (χ3v) is 0.879. The minimum Gasteiger partial charge on any atom is -0.258 e.